The third kappa shape index (κ3) is 4.36. The van der Waals surface area contributed by atoms with Crippen LogP contribution in [0.4, 0.5) is 0 Å². The molecule has 1 fully saturated rings. The van der Waals surface area contributed by atoms with Crippen LogP contribution in [0.1, 0.15) is 18.4 Å². The molecule has 2 aromatic rings. The van der Waals surface area contributed by atoms with Crippen LogP contribution in [0.3, 0.4) is 0 Å². The first-order chi connectivity index (χ1) is 11.4. The van der Waals surface area contributed by atoms with Gasteiger partial charge in [0.25, 0.3) is 0 Å². The van der Waals surface area contributed by atoms with E-state index in [0.717, 1.165) is 43.4 Å². The van der Waals surface area contributed by atoms with E-state index in [-0.39, 0.29) is 0 Å². The number of rotatable bonds is 7. The molecule has 1 aliphatic rings. The quantitative estimate of drug-likeness (QED) is 0.548. The van der Waals surface area contributed by atoms with Gasteiger partial charge in [-0.25, -0.2) is 9.97 Å². The Morgan fingerprint density at radius 3 is 2.71 bits per heavy atom. The zero-order valence-electron chi connectivity index (χ0n) is 14.9. The lowest BCUT2D eigenvalue weighted by Crippen LogP contribution is -2.22. The van der Waals surface area contributed by atoms with Crippen molar-refractivity contribution in [2.75, 3.05) is 19.7 Å². The number of hydrogen-bond acceptors (Lipinski definition) is 4. The molecule has 0 radical (unpaired) electrons. The molecule has 0 atom stereocenters. The smallest absolute Gasteiger partial charge is 0.206 e. The zero-order chi connectivity index (χ0) is 17.2. The van der Waals surface area contributed by atoms with Gasteiger partial charge in [0.15, 0.2) is 5.65 Å². The molecule has 3 heterocycles. The monoisotopic (exact) mass is 366 g/mol. The van der Waals surface area contributed by atoms with Gasteiger partial charge in [0, 0.05) is 27.4 Å². The van der Waals surface area contributed by atoms with Gasteiger partial charge < -0.3 is 4.74 Å². The fraction of sp³-hybridized carbons (Fsp3) is 0.647. The van der Waals surface area contributed by atoms with Gasteiger partial charge in [-0.3, -0.25) is 9.47 Å². The predicted molar refractivity (Wildman–Crippen MR) is 101 cm³/mol. The molecule has 24 heavy (non-hydrogen) atoms. The second-order valence-corrected chi connectivity index (χ2v) is 13.7. The first-order valence-corrected chi connectivity index (χ1v) is 12.8. The number of fused-ring (bicyclic) bond motifs is 1. The summed E-state index contributed by atoms with van der Waals surface area (Å²) < 4.78 is 7.71. The Labute approximate surface area is 150 Å². The van der Waals surface area contributed by atoms with Gasteiger partial charge in [0.1, 0.15) is 12.2 Å². The number of likely N-dealkylation sites (tertiary alicyclic amines) is 1. The number of nitrogens with zero attached hydrogens (tertiary/aromatic N) is 4. The minimum atomic E-state index is -1.08. The summed E-state index contributed by atoms with van der Waals surface area (Å²) in [7, 11) is -1.08. The van der Waals surface area contributed by atoms with E-state index in [1.165, 1.54) is 18.4 Å². The summed E-state index contributed by atoms with van der Waals surface area (Å²) >= 11 is 6.35. The number of ether oxygens (including phenoxy) is 1. The Morgan fingerprint density at radius 2 is 2.00 bits per heavy atom. The highest BCUT2D eigenvalue weighted by Crippen LogP contribution is 2.23. The highest BCUT2D eigenvalue weighted by Gasteiger charge is 2.18. The maximum atomic E-state index is 6.35. The fourth-order valence-electron chi connectivity index (χ4n) is 3.00. The number of halogens is 1. The summed E-state index contributed by atoms with van der Waals surface area (Å²) in [5.41, 5.74) is 2.93. The lowest BCUT2D eigenvalue weighted by Gasteiger charge is -2.16. The van der Waals surface area contributed by atoms with Crippen molar-refractivity contribution in [3.8, 4) is 0 Å². The molecule has 7 heteroatoms. The second-order valence-electron chi connectivity index (χ2n) is 7.78. The van der Waals surface area contributed by atoms with Crippen molar-refractivity contribution in [3.05, 3.63) is 23.1 Å². The molecule has 0 spiro atoms. The van der Waals surface area contributed by atoms with Crippen molar-refractivity contribution >= 4 is 30.8 Å². The van der Waals surface area contributed by atoms with Crippen LogP contribution in [0.15, 0.2) is 12.3 Å². The van der Waals surface area contributed by atoms with Gasteiger partial charge in [0.2, 0.25) is 5.28 Å². The molecule has 0 aliphatic carbocycles. The maximum Gasteiger partial charge on any atom is 0.206 e. The zero-order valence-corrected chi connectivity index (χ0v) is 16.6. The molecule has 1 saturated heterocycles. The minimum absolute atomic E-state index is 0.417. The van der Waals surface area contributed by atoms with Crippen molar-refractivity contribution < 1.29 is 4.74 Å². The van der Waals surface area contributed by atoms with Crippen LogP contribution in [0.5, 0.6) is 0 Å². The van der Waals surface area contributed by atoms with E-state index < -0.39 is 8.07 Å². The van der Waals surface area contributed by atoms with Gasteiger partial charge in [-0.1, -0.05) is 19.6 Å². The topological polar surface area (TPSA) is 43.2 Å². The first-order valence-electron chi connectivity index (χ1n) is 8.74. The fourth-order valence-corrected chi connectivity index (χ4v) is 3.97. The highest BCUT2D eigenvalue weighted by molar-refractivity contribution is 6.76. The van der Waals surface area contributed by atoms with E-state index in [1.54, 1.807) is 0 Å². The van der Waals surface area contributed by atoms with Gasteiger partial charge >= 0.3 is 0 Å². The Morgan fingerprint density at radius 1 is 1.25 bits per heavy atom. The lowest BCUT2D eigenvalue weighted by atomic mass is 10.2. The van der Waals surface area contributed by atoms with Crippen molar-refractivity contribution in [2.24, 2.45) is 0 Å². The first kappa shape index (κ1) is 17.9. The third-order valence-corrected chi connectivity index (χ3v) is 6.47. The standard InChI is InChI=1S/C17H27ClN4OSi/c1-24(2,3)11-10-23-13-22-16-15(20-17(22)18)14(6-7-19-16)12-21-8-4-5-9-21/h6-7H,4-5,8-13H2,1-3H3. The summed E-state index contributed by atoms with van der Waals surface area (Å²) in [6, 6.07) is 3.20. The number of aromatic nitrogens is 3. The van der Waals surface area contributed by atoms with Crippen LogP contribution in [0.2, 0.25) is 31.0 Å². The van der Waals surface area contributed by atoms with E-state index in [1.807, 2.05) is 10.8 Å². The Bertz CT molecular complexity index is 692. The van der Waals surface area contributed by atoms with E-state index in [4.69, 9.17) is 16.3 Å². The summed E-state index contributed by atoms with van der Waals surface area (Å²) in [5, 5.41) is 0.458. The van der Waals surface area contributed by atoms with Gasteiger partial charge in [-0.15, -0.1) is 0 Å². The molecule has 132 valence electrons. The molecule has 2 aromatic heterocycles. The number of hydrogen-bond donors (Lipinski definition) is 0. The molecule has 0 saturated carbocycles. The van der Waals surface area contributed by atoms with E-state index in [2.05, 4.69) is 40.6 Å². The van der Waals surface area contributed by atoms with E-state index in [9.17, 15) is 0 Å². The summed E-state index contributed by atoms with van der Waals surface area (Å²) in [6.45, 7) is 11.5. The summed E-state index contributed by atoms with van der Waals surface area (Å²) in [4.78, 5) is 11.5. The van der Waals surface area contributed by atoms with Crippen LogP contribution in [0, 0.1) is 0 Å². The number of pyridine rings is 1. The summed E-state index contributed by atoms with van der Waals surface area (Å²) in [5.74, 6) is 0. The molecule has 0 amide bonds. The number of imidazole rings is 1. The SMILES string of the molecule is C[Si](C)(C)CCOCn1c(Cl)nc2c(CN3CCCC3)ccnc21. The van der Waals surface area contributed by atoms with Crippen molar-refractivity contribution in [3.63, 3.8) is 0 Å². The van der Waals surface area contributed by atoms with Crippen LogP contribution in [-0.2, 0) is 18.0 Å². The van der Waals surface area contributed by atoms with Gasteiger partial charge in [0.05, 0.1) is 0 Å². The van der Waals surface area contributed by atoms with Crippen molar-refractivity contribution in [1.82, 2.24) is 19.4 Å². The maximum absolute atomic E-state index is 6.35. The van der Waals surface area contributed by atoms with Gasteiger partial charge in [-0.2, -0.15) is 0 Å². The molecular formula is C17H27ClN4OSi. The molecule has 0 bridgehead atoms. The van der Waals surface area contributed by atoms with E-state index in [0.29, 0.717) is 12.0 Å². The predicted octanol–water partition coefficient (Wildman–Crippen LogP) is 3.99. The Balaban J connectivity index is 1.73. The molecule has 0 N–H and O–H groups in total. The highest BCUT2D eigenvalue weighted by atomic mass is 35.5. The average molecular weight is 367 g/mol. The molecule has 3 rings (SSSR count). The van der Waals surface area contributed by atoms with E-state index >= 15 is 0 Å². The second kappa shape index (κ2) is 7.52. The Hall–Kier alpha value is -0.953. The average Bonchev–Trinajstić information content (AvgIpc) is 3.11. The van der Waals surface area contributed by atoms with Crippen LogP contribution in [0.25, 0.3) is 11.2 Å². The van der Waals surface area contributed by atoms with Crippen molar-refractivity contribution in [2.45, 2.75) is 51.8 Å². The van der Waals surface area contributed by atoms with Crippen LogP contribution >= 0.6 is 11.6 Å². The molecule has 1 aliphatic heterocycles. The van der Waals surface area contributed by atoms with Crippen molar-refractivity contribution in [1.29, 1.82) is 0 Å². The molecule has 0 unspecified atom stereocenters. The lowest BCUT2D eigenvalue weighted by molar-refractivity contribution is 0.0897. The molecule has 0 aromatic carbocycles. The van der Waals surface area contributed by atoms with Crippen LogP contribution in [-0.4, -0.2) is 47.2 Å². The van der Waals surface area contributed by atoms with Gasteiger partial charge in [-0.05, 0) is 55.2 Å². The molecular weight excluding hydrogens is 340 g/mol. The normalized spacial score (nSPS) is 16.3. The summed E-state index contributed by atoms with van der Waals surface area (Å²) in [6.07, 6.45) is 4.42. The Kier molecular flexibility index (Phi) is 5.59. The van der Waals surface area contributed by atoms with Crippen LogP contribution < -0.4 is 0 Å². The third-order valence-electron chi connectivity index (χ3n) is 4.48. The minimum Gasteiger partial charge on any atom is -0.361 e. The largest absolute Gasteiger partial charge is 0.361 e. The molecule has 5 nitrogen and oxygen atoms in total.